The topological polar surface area (TPSA) is 92.5 Å². The molecule has 7 heteroatoms. The molecule has 7 nitrogen and oxygen atoms in total. The van der Waals surface area contributed by atoms with Crippen LogP contribution in [-0.2, 0) is 0 Å². The van der Waals surface area contributed by atoms with Gasteiger partial charge in [0.05, 0.1) is 29.9 Å². The maximum Gasteiger partial charge on any atom is 0.280 e. The van der Waals surface area contributed by atoms with Crippen LogP contribution in [-0.4, -0.2) is 38.8 Å². The van der Waals surface area contributed by atoms with Gasteiger partial charge in [-0.3, -0.25) is 9.78 Å². The number of H-pyrrole nitrogens is 1. The van der Waals surface area contributed by atoms with Gasteiger partial charge in [0.15, 0.2) is 0 Å². The molecule has 0 radical (unpaired) electrons. The van der Waals surface area contributed by atoms with Crippen molar-refractivity contribution in [3.63, 3.8) is 0 Å². The minimum absolute atomic E-state index is 0.177. The molecule has 5 rings (SSSR count). The summed E-state index contributed by atoms with van der Waals surface area (Å²) < 4.78 is 7.69. The number of rotatable bonds is 4. The van der Waals surface area contributed by atoms with E-state index in [1.54, 1.807) is 25.4 Å². The summed E-state index contributed by atoms with van der Waals surface area (Å²) in [5, 5.41) is 9.97. The van der Waals surface area contributed by atoms with Gasteiger partial charge in [-0.25, -0.2) is 0 Å². The third kappa shape index (κ3) is 4.15. The molecule has 0 atom stereocenters. The fourth-order valence-electron chi connectivity index (χ4n) is 4.85. The number of carbonyl (C=O) groups is 1. The Morgan fingerprint density at radius 3 is 2.71 bits per heavy atom. The smallest absolute Gasteiger partial charge is 0.280 e. The molecule has 1 aliphatic rings. The Balaban J connectivity index is 1.56. The Bertz CT molecular complexity index is 1410. The summed E-state index contributed by atoms with van der Waals surface area (Å²) in [4.78, 5) is 25.6. The highest BCUT2D eigenvalue weighted by Gasteiger charge is 2.23. The Kier molecular flexibility index (Phi) is 6.02. The van der Waals surface area contributed by atoms with E-state index in [1.165, 1.54) is 0 Å². The van der Waals surface area contributed by atoms with Crippen LogP contribution in [0.3, 0.4) is 0 Å². The number of pyridine rings is 1. The Labute approximate surface area is 197 Å². The van der Waals surface area contributed by atoms with Crippen LogP contribution in [0.25, 0.3) is 22.3 Å². The minimum Gasteiger partial charge on any atom is -0.496 e. The number of nitrogens with zero attached hydrogens (tertiary/aromatic N) is 3. The maximum absolute atomic E-state index is 13.3. The van der Waals surface area contributed by atoms with Crippen LogP contribution < -0.4 is 10.4 Å². The number of aryl methyl sites for hydroxylation is 1. The lowest BCUT2D eigenvalue weighted by atomic mass is 9.93. The molecule has 0 saturated heterocycles. The van der Waals surface area contributed by atoms with Crippen molar-refractivity contribution in [2.24, 2.45) is 4.99 Å². The number of aromatic amines is 1. The number of carbonyl (C=O) groups excluding carboxylic acids is 1. The van der Waals surface area contributed by atoms with Gasteiger partial charge in [-0.1, -0.05) is 24.3 Å². The van der Waals surface area contributed by atoms with E-state index in [1.807, 2.05) is 49.4 Å². The van der Waals surface area contributed by atoms with E-state index >= 15 is 0 Å². The lowest BCUT2D eigenvalue weighted by Crippen LogP contribution is -2.29. The molecule has 34 heavy (non-hydrogen) atoms. The molecule has 1 saturated carbocycles. The van der Waals surface area contributed by atoms with Crippen molar-refractivity contribution in [2.75, 3.05) is 7.11 Å². The van der Waals surface area contributed by atoms with E-state index < -0.39 is 0 Å². The first-order valence-electron chi connectivity index (χ1n) is 11.6. The minimum atomic E-state index is -0.341. The summed E-state index contributed by atoms with van der Waals surface area (Å²) in [6.07, 6.45) is 4.56. The number of ether oxygens (including phenoxy) is 1. The summed E-state index contributed by atoms with van der Waals surface area (Å²) in [7, 11) is 1.63. The van der Waals surface area contributed by atoms with Crippen LogP contribution in [0.15, 0.2) is 65.8 Å². The van der Waals surface area contributed by atoms with Gasteiger partial charge in [-0.2, -0.15) is 4.99 Å². The van der Waals surface area contributed by atoms with E-state index in [-0.39, 0.29) is 18.1 Å². The summed E-state index contributed by atoms with van der Waals surface area (Å²) >= 11 is 0. The molecule has 1 fully saturated rings. The predicted octanol–water partition coefficient (Wildman–Crippen LogP) is 4.57. The molecule has 2 heterocycles. The van der Waals surface area contributed by atoms with Gasteiger partial charge in [0.25, 0.3) is 5.91 Å². The van der Waals surface area contributed by atoms with E-state index in [9.17, 15) is 9.90 Å². The molecule has 2 aromatic carbocycles. The molecular formula is C27H28N4O3. The summed E-state index contributed by atoms with van der Waals surface area (Å²) in [5.74, 6) is 0.399. The van der Waals surface area contributed by atoms with E-state index in [0.29, 0.717) is 16.9 Å². The first-order chi connectivity index (χ1) is 16.5. The number of methoxy groups -OCH3 is 1. The Morgan fingerprint density at radius 2 is 1.91 bits per heavy atom. The number of hydrogen-bond donors (Lipinski definition) is 2. The molecule has 2 aromatic heterocycles. The van der Waals surface area contributed by atoms with E-state index in [2.05, 4.69) is 19.5 Å². The fraction of sp³-hybridized carbons (Fsp3) is 0.296. The molecule has 174 valence electrons. The molecule has 2 N–H and O–H groups in total. The normalized spacial score (nSPS) is 18.9. The zero-order valence-electron chi connectivity index (χ0n) is 19.4. The molecule has 1 aliphatic carbocycles. The number of fused-ring (bicyclic) bond motifs is 1. The van der Waals surface area contributed by atoms with E-state index in [4.69, 9.17) is 4.74 Å². The second-order valence-electron chi connectivity index (χ2n) is 8.80. The van der Waals surface area contributed by atoms with Crippen molar-refractivity contribution in [3.05, 3.63) is 77.5 Å². The zero-order valence-corrected chi connectivity index (χ0v) is 19.4. The third-order valence-corrected chi connectivity index (χ3v) is 6.58. The number of imidazole rings is 1. The number of nitrogens with one attached hydrogen (secondary N) is 1. The van der Waals surface area contributed by atoms with E-state index in [0.717, 1.165) is 53.6 Å². The third-order valence-electron chi connectivity index (χ3n) is 6.58. The number of benzene rings is 2. The number of amides is 1. The fourth-order valence-corrected chi connectivity index (χ4v) is 4.85. The van der Waals surface area contributed by atoms with Crippen LogP contribution in [0.2, 0.25) is 0 Å². The Morgan fingerprint density at radius 1 is 1.12 bits per heavy atom. The molecule has 0 unspecified atom stereocenters. The van der Waals surface area contributed by atoms with Crippen molar-refractivity contribution in [1.82, 2.24) is 14.5 Å². The second kappa shape index (κ2) is 9.27. The number of hydrogen-bond acceptors (Lipinski definition) is 4. The monoisotopic (exact) mass is 456 g/mol. The van der Waals surface area contributed by atoms with Gasteiger partial charge in [-0.15, -0.1) is 0 Å². The average molecular weight is 457 g/mol. The SMILES string of the molecule is COc1c(C)cccc1-c1cc(C(=O)/N=c2\[nH]c3ccccc3n2[C@H]2CC[C@@H](O)CC2)ccn1. The first-order valence-corrected chi connectivity index (χ1v) is 11.6. The predicted molar refractivity (Wildman–Crippen MR) is 131 cm³/mol. The highest BCUT2D eigenvalue weighted by Crippen LogP contribution is 2.32. The maximum atomic E-state index is 13.3. The summed E-state index contributed by atoms with van der Waals surface area (Å²) in [6.45, 7) is 1.98. The molecular weight excluding hydrogens is 428 g/mol. The van der Waals surface area contributed by atoms with Gasteiger partial charge in [0.1, 0.15) is 5.75 Å². The van der Waals surface area contributed by atoms with Crippen LogP contribution in [0.1, 0.15) is 47.6 Å². The number of aliphatic hydroxyl groups is 1. The zero-order chi connectivity index (χ0) is 23.7. The quantitative estimate of drug-likeness (QED) is 0.471. The molecule has 1 amide bonds. The second-order valence-corrected chi connectivity index (χ2v) is 8.80. The van der Waals surface area contributed by atoms with Gasteiger partial charge in [-0.05, 0) is 68.5 Å². The molecule has 0 bridgehead atoms. The molecule has 0 spiro atoms. The lowest BCUT2D eigenvalue weighted by Gasteiger charge is -2.27. The summed E-state index contributed by atoms with van der Waals surface area (Å²) in [5.41, 5.74) is 5.42. The first kappa shape index (κ1) is 22.1. The van der Waals surface area contributed by atoms with Crippen molar-refractivity contribution < 1.29 is 14.6 Å². The van der Waals surface area contributed by atoms with Crippen LogP contribution >= 0.6 is 0 Å². The van der Waals surface area contributed by atoms with Gasteiger partial charge >= 0.3 is 0 Å². The average Bonchev–Trinajstić information content (AvgIpc) is 3.22. The van der Waals surface area contributed by atoms with Gasteiger partial charge in [0.2, 0.25) is 5.62 Å². The van der Waals surface area contributed by atoms with Crippen molar-refractivity contribution in [2.45, 2.75) is 44.8 Å². The molecule has 4 aromatic rings. The largest absolute Gasteiger partial charge is 0.496 e. The van der Waals surface area contributed by atoms with Crippen LogP contribution in [0.4, 0.5) is 0 Å². The Hall–Kier alpha value is -3.71. The van der Waals surface area contributed by atoms with Gasteiger partial charge < -0.3 is 19.4 Å². The number of para-hydroxylation sites is 3. The summed E-state index contributed by atoms with van der Waals surface area (Å²) in [6, 6.07) is 17.4. The van der Waals surface area contributed by atoms with Crippen molar-refractivity contribution >= 4 is 16.9 Å². The standard InChI is InChI=1S/C27H28N4O3/c1-17-6-5-7-21(25(17)34-2)23-16-18(14-15-28-23)26(33)30-27-29-22-8-3-4-9-24(22)31(27)19-10-12-20(32)13-11-19/h3-9,14-16,19-20,32H,10-13H2,1-2H3,(H,29,30,33)/t19-,20+. The number of aromatic nitrogens is 3. The van der Waals surface area contributed by atoms with Crippen LogP contribution in [0, 0.1) is 6.92 Å². The highest BCUT2D eigenvalue weighted by atomic mass is 16.5. The van der Waals surface area contributed by atoms with Crippen molar-refractivity contribution in [1.29, 1.82) is 0 Å². The highest BCUT2D eigenvalue weighted by molar-refractivity contribution is 5.96. The van der Waals surface area contributed by atoms with Crippen LogP contribution in [0.5, 0.6) is 5.75 Å². The number of aliphatic hydroxyl groups excluding tert-OH is 1. The molecule has 0 aliphatic heterocycles. The lowest BCUT2D eigenvalue weighted by molar-refractivity contribution is 0.0990. The van der Waals surface area contributed by atoms with Gasteiger partial charge in [0, 0.05) is 23.4 Å². The van der Waals surface area contributed by atoms with Crippen molar-refractivity contribution in [3.8, 4) is 17.0 Å².